The van der Waals surface area contributed by atoms with E-state index in [2.05, 4.69) is 24.3 Å². The minimum atomic E-state index is -0.930. The molecule has 1 amide bonds. The van der Waals surface area contributed by atoms with Crippen molar-refractivity contribution in [3.8, 4) is 0 Å². The number of carbonyl (C=O) groups excluding carboxylic acids is 1. The van der Waals surface area contributed by atoms with Crippen molar-refractivity contribution >= 4 is 34.9 Å². The number of nitrogens with two attached hydrogens (primary N) is 1. The molecule has 1 aromatic carbocycles. The minimum Gasteiger partial charge on any atom is -0.378 e. The summed E-state index contributed by atoms with van der Waals surface area (Å²) < 4.78 is 7.65. The first kappa shape index (κ1) is 20.7. The molecule has 0 spiro atoms. The molecule has 3 N–H and O–H groups in total. The predicted octanol–water partition coefficient (Wildman–Crippen LogP) is 3.51. The third kappa shape index (κ3) is 3.10. The van der Waals surface area contributed by atoms with Crippen LogP contribution in [0.15, 0.2) is 24.4 Å². The van der Waals surface area contributed by atoms with Crippen LogP contribution in [0.4, 0.5) is 5.69 Å². The summed E-state index contributed by atoms with van der Waals surface area (Å²) in [6, 6.07) is 6.06. The lowest BCUT2D eigenvalue weighted by atomic mass is 9.54. The second kappa shape index (κ2) is 7.18. The van der Waals surface area contributed by atoms with Gasteiger partial charge in [0, 0.05) is 35.6 Å². The third-order valence-corrected chi connectivity index (χ3v) is 5.58. The van der Waals surface area contributed by atoms with Crippen molar-refractivity contribution in [3.05, 3.63) is 24.4 Å². The second-order valence-electron chi connectivity index (χ2n) is 7.75. The highest BCUT2D eigenvalue weighted by Gasteiger charge is 2.62. The molecule has 0 saturated heterocycles. The summed E-state index contributed by atoms with van der Waals surface area (Å²) in [6.45, 7) is 10.7. The summed E-state index contributed by atoms with van der Waals surface area (Å²) in [5, 5.41) is 8.45. The molecule has 144 valence electrons. The Labute approximate surface area is 160 Å². The van der Waals surface area contributed by atoms with Crippen LogP contribution in [-0.4, -0.2) is 33.9 Å². The van der Waals surface area contributed by atoms with Gasteiger partial charge in [0.25, 0.3) is 0 Å². The molecule has 1 fully saturated rings. The zero-order valence-corrected chi connectivity index (χ0v) is 16.9. The Morgan fingerprint density at radius 1 is 1.46 bits per heavy atom. The SMILES string of the molecule is CCOC1CC(N)(C(=O)Nc2ccc3cnn(C(C)C)c3c2)C1(C)C.Cl. The van der Waals surface area contributed by atoms with E-state index >= 15 is 0 Å². The molecule has 1 aromatic heterocycles. The maximum Gasteiger partial charge on any atom is 0.245 e. The van der Waals surface area contributed by atoms with Crippen LogP contribution in [0.5, 0.6) is 0 Å². The maximum absolute atomic E-state index is 12.9. The van der Waals surface area contributed by atoms with Gasteiger partial charge in [0.1, 0.15) is 5.54 Å². The summed E-state index contributed by atoms with van der Waals surface area (Å²) in [5.41, 5.74) is 6.85. The predicted molar refractivity (Wildman–Crippen MR) is 107 cm³/mol. The summed E-state index contributed by atoms with van der Waals surface area (Å²) in [5.74, 6) is -0.164. The number of aromatic nitrogens is 2. The number of hydrogen-bond donors (Lipinski definition) is 2. The zero-order chi connectivity index (χ0) is 18.4. The van der Waals surface area contributed by atoms with E-state index in [1.807, 2.05) is 49.8 Å². The highest BCUT2D eigenvalue weighted by Crippen LogP contribution is 2.50. The number of halogens is 1. The van der Waals surface area contributed by atoms with Gasteiger partial charge in [-0.2, -0.15) is 5.10 Å². The van der Waals surface area contributed by atoms with Crippen LogP contribution in [-0.2, 0) is 9.53 Å². The second-order valence-corrected chi connectivity index (χ2v) is 7.75. The van der Waals surface area contributed by atoms with Gasteiger partial charge in [-0.15, -0.1) is 12.4 Å². The zero-order valence-electron chi connectivity index (χ0n) is 16.1. The average Bonchev–Trinajstić information content (AvgIpc) is 2.97. The largest absolute Gasteiger partial charge is 0.378 e. The normalized spacial score (nSPS) is 24.2. The molecule has 1 heterocycles. The van der Waals surface area contributed by atoms with Gasteiger partial charge < -0.3 is 15.8 Å². The number of hydrogen-bond acceptors (Lipinski definition) is 4. The molecule has 1 aliphatic rings. The Bertz CT molecular complexity index is 802. The highest BCUT2D eigenvalue weighted by molar-refractivity contribution is 6.01. The Morgan fingerprint density at radius 3 is 2.73 bits per heavy atom. The Kier molecular flexibility index (Phi) is 5.71. The Hall–Kier alpha value is -1.63. The Morgan fingerprint density at radius 2 is 2.15 bits per heavy atom. The lowest BCUT2D eigenvalue weighted by molar-refractivity contribution is -0.166. The number of amides is 1. The molecule has 26 heavy (non-hydrogen) atoms. The number of nitrogens with one attached hydrogen (secondary N) is 1. The average molecular weight is 381 g/mol. The number of rotatable bonds is 5. The molecular formula is C19H29ClN4O2. The molecule has 3 rings (SSSR count). The smallest absolute Gasteiger partial charge is 0.245 e. The fourth-order valence-corrected chi connectivity index (χ4v) is 3.59. The van der Waals surface area contributed by atoms with Gasteiger partial charge in [0.05, 0.1) is 17.8 Å². The lowest BCUT2D eigenvalue weighted by Crippen LogP contribution is -2.74. The van der Waals surface area contributed by atoms with Crippen LogP contribution in [0.2, 0.25) is 0 Å². The minimum absolute atomic E-state index is 0. The van der Waals surface area contributed by atoms with E-state index in [-0.39, 0.29) is 30.5 Å². The summed E-state index contributed by atoms with van der Waals surface area (Å²) in [4.78, 5) is 12.9. The molecule has 7 heteroatoms. The van der Waals surface area contributed by atoms with Crippen molar-refractivity contribution in [2.75, 3.05) is 11.9 Å². The molecule has 2 aromatic rings. The van der Waals surface area contributed by atoms with Crippen molar-refractivity contribution in [2.24, 2.45) is 11.1 Å². The van der Waals surface area contributed by atoms with E-state index < -0.39 is 11.0 Å². The van der Waals surface area contributed by atoms with E-state index in [1.165, 1.54) is 0 Å². The molecule has 6 nitrogen and oxygen atoms in total. The molecule has 0 bridgehead atoms. The van der Waals surface area contributed by atoms with Crippen molar-refractivity contribution in [1.82, 2.24) is 9.78 Å². The standard InChI is InChI=1S/C19H28N4O2.ClH/c1-6-25-16-10-19(20,18(16,4)5)17(24)22-14-8-7-13-11-21-23(12(2)3)15(13)9-14;/h7-9,11-12,16H,6,10,20H2,1-5H3,(H,22,24);1H. The highest BCUT2D eigenvalue weighted by atomic mass is 35.5. The van der Waals surface area contributed by atoms with Crippen molar-refractivity contribution in [3.63, 3.8) is 0 Å². The van der Waals surface area contributed by atoms with Crippen molar-refractivity contribution in [1.29, 1.82) is 0 Å². The van der Waals surface area contributed by atoms with Gasteiger partial charge in [-0.3, -0.25) is 9.48 Å². The first-order valence-corrected chi connectivity index (χ1v) is 8.90. The lowest BCUT2D eigenvalue weighted by Gasteiger charge is -2.57. The van der Waals surface area contributed by atoms with Gasteiger partial charge in [0.15, 0.2) is 0 Å². The van der Waals surface area contributed by atoms with E-state index in [0.717, 1.165) is 16.6 Å². The Balaban J connectivity index is 0.00000243. The first-order valence-electron chi connectivity index (χ1n) is 8.90. The van der Waals surface area contributed by atoms with Crippen LogP contribution in [0.3, 0.4) is 0 Å². The van der Waals surface area contributed by atoms with Gasteiger partial charge in [-0.05, 0) is 39.0 Å². The monoisotopic (exact) mass is 380 g/mol. The first-order chi connectivity index (χ1) is 11.7. The molecule has 1 aliphatic carbocycles. The maximum atomic E-state index is 12.9. The molecular weight excluding hydrogens is 352 g/mol. The number of fused-ring (bicyclic) bond motifs is 1. The van der Waals surface area contributed by atoms with E-state index in [1.54, 1.807) is 0 Å². The van der Waals surface area contributed by atoms with E-state index in [4.69, 9.17) is 10.5 Å². The van der Waals surface area contributed by atoms with Crippen LogP contribution >= 0.6 is 12.4 Å². The van der Waals surface area contributed by atoms with Crippen LogP contribution in [0, 0.1) is 5.41 Å². The third-order valence-electron chi connectivity index (χ3n) is 5.58. The van der Waals surface area contributed by atoms with Gasteiger partial charge in [-0.25, -0.2) is 0 Å². The van der Waals surface area contributed by atoms with E-state index in [0.29, 0.717) is 13.0 Å². The number of nitrogens with zero attached hydrogens (tertiary/aromatic N) is 2. The summed E-state index contributed by atoms with van der Waals surface area (Å²) in [6.07, 6.45) is 2.39. The summed E-state index contributed by atoms with van der Waals surface area (Å²) in [7, 11) is 0. The van der Waals surface area contributed by atoms with Crippen LogP contribution in [0.25, 0.3) is 10.9 Å². The topological polar surface area (TPSA) is 82.2 Å². The van der Waals surface area contributed by atoms with E-state index in [9.17, 15) is 4.79 Å². The van der Waals surface area contributed by atoms with Gasteiger partial charge in [-0.1, -0.05) is 13.8 Å². The van der Waals surface area contributed by atoms with Crippen LogP contribution in [0.1, 0.15) is 47.1 Å². The summed E-state index contributed by atoms with van der Waals surface area (Å²) >= 11 is 0. The molecule has 1 saturated carbocycles. The van der Waals surface area contributed by atoms with Crippen LogP contribution < -0.4 is 11.1 Å². The van der Waals surface area contributed by atoms with Gasteiger partial charge >= 0.3 is 0 Å². The molecule has 2 atom stereocenters. The molecule has 0 aliphatic heterocycles. The quantitative estimate of drug-likeness (QED) is 0.831. The number of carbonyl (C=O) groups is 1. The van der Waals surface area contributed by atoms with Crippen molar-refractivity contribution in [2.45, 2.75) is 58.7 Å². The molecule has 2 unspecified atom stereocenters. The number of ether oxygens (including phenoxy) is 1. The fourth-order valence-electron chi connectivity index (χ4n) is 3.59. The fraction of sp³-hybridized carbons (Fsp3) is 0.579. The number of anilines is 1. The van der Waals surface area contributed by atoms with Gasteiger partial charge in [0.2, 0.25) is 5.91 Å². The van der Waals surface area contributed by atoms with Crippen molar-refractivity contribution < 1.29 is 9.53 Å². The molecule has 0 radical (unpaired) electrons. The number of benzene rings is 1.